The zero-order valence-corrected chi connectivity index (χ0v) is 7.95. The van der Waals surface area contributed by atoms with Crippen LogP contribution in [-0.2, 0) is 0 Å². The van der Waals surface area contributed by atoms with Crippen molar-refractivity contribution in [2.45, 2.75) is 26.4 Å². The molecule has 4 heteroatoms. The standard InChI is InChI=1S/C9H15N3O/c1-3-6(2)13-8-5-4-7(10)9(11)12-8/h4-6H,3,10H2,1-2H3,(H2,11,12). The summed E-state index contributed by atoms with van der Waals surface area (Å²) in [6, 6.07) is 3.41. The van der Waals surface area contributed by atoms with Crippen molar-refractivity contribution < 1.29 is 4.74 Å². The largest absolute Gasteiger partial charge is 0.475 e. The summed E-state index contributed by atoms with van der Waals surface area (Å²) in [7, 11) is 0. The molecule has 0 spiro atoms. The van der Waals surface area contributed by atoms with Gasteiger partial charge in [0.05, 0.1) is 11.8 Å². The number of nitrogens with zero attached hydrogens (tertiary/aromatic N) is 1. The van der Waals surface area contributed by atoms with E-state index in [9.17, 15) is 0 Å². The molecule has 0 aliphatic rings. The predicted molar refractivity (Wildman–Crippen MR) is 53.4 cm³/mol. The Morgan fingerprint density at radius 2 is 2.15 bits per heavy atom. The van der Waals surface area contributed by atoms with Gasteiger partial charge >= 0.3 is 0 Å². The van der Waals surface area contributed by atoms with Gasteiger partial charge in [0, 0.05) is 6.07 Å². The van der Waals surface area contributed by atoms with Crippen molar-refractivity contribution in [3.8, 4) is 5.88 Å². The van der Waals surface area contributed by atoms with Crippen molar-refractivity contribution in [3.05, 3.63) is 12.1 Å². The summed E-state index contributed by atoms with van der Waals surface area (Å²) in [4.78, 5) is 3.99. The zero-order valence-electron chi connectivity index (χ0n) is 7.95. The van der Waals surface area contributed by atoms with Crippen LogP contribution in [0.2, 0.25) is 0 Å². The Labute approximate surface area is 77.9 Å². The molecule has 0 saturated carbocycles. The number of pyridine rings is 1. The van der Waals surface area contributed by atoms with Gasteiger partial charge in [-0.25, -0.2) is 0 Å². The number of nitrogens with two attached hydrogens (primary N) is 2. The summed E-state index contributed by atoms with van der Waals surface area (Å²) < 4.78 is 5.45. The van der Waals surface area contributed by atoms with Crippen LogP contribution in [-0.4, -0.2) is 11.1 Å². The Morgan fingerprint density at radius 1 is 1.46 bits per heavy atom. The van der Waals surface area contributed by atoms with Crippen LogP contribution in [0.25, 0.3) is 0 Å². The molecule has 0 aliphatic carbocycles. The molecule has 4 N–H and O–H groups in total. The molecule has 0 radical (unpaired) electrons. The molecule has 72 valence electrons. The number of hydrogen-bond donors (Lipinski definition) is 2. The quantitative estimate of drug-likeness (QED) is 0.739. The summed E-state index contributed by atoms with van der Waals surface area (Å²) in [6.07, 6.45) is 1.09. The minimum absolute atomic E-state index is 0.149. The summed E-state index contributed by atoms with van der Waals surface area (Å²) in [5.41, 5.74) is 11.5. The molecule has 4 nitrogen and oxygen atoms in total. The number of nitrogen functional groups attached to an aromatic ring is 2. The summed E-state index contributed by atoms with van der Waals surface area (Å²) >= 11 is 0. The Kier molecular flexibility index (Phi) is 2.95. The zero-order chi connectivity index (χ0) is 9.84. The van der Waals surface area contributed by atoms with Gasteiger partial charge in [0.2, 0.25) is 5.88 Å². The van der Waals surface area contributed by atoms with E-state index in [0.717, 1.165) is 6.42 Å². The van der Waals surface area contributed by atoms with E-state index >= 15 is 0 Å². The molecule has 0 amide bonds. The fraction of sp³-hybridized carbons (Fsp3) is 0.444. The summed E-state index contributed by atoms with van der Waals surface area (Å²) in [5, 5.41) is 0. The van der Waals surface area contributed by atoms with Crippen molar-refractivity contribution in [1.29, 1.82) is 0 Å². The molecule has 0 bridgehead atoms. The lowest BCUT2D eigenvalue weighted by molar-refractivity contribution is 0.209. The minimum Gasteiger partial charge on any atom is -0.475 e. The van der Waals surface area contributed by atoms with Crippen LogP contribution in [0.15, 0.2) is 12.1 Å². The van der Waals surface area contributed by atoms with Crippen LogP contribution in [0.5, 0.6) is 5.88 Å². The maximum atomic E-state index is 5.52. The lowest BCUT2D eigenvalue weighted by Crippen LogP contribution is -2.11. The highest BCUT2D eigenvalue weighted by molar-refractivity contribution is 5.58. The molecule has 0 fully saturated rings. The van der Waals surface area contributed by atoms with Gasteiger partial charge in [0.1, 0.15) is 0 Å². The average molecular weight is 181 g/mol. The van der Waals surface area contributed by atoms with Crippen LogP contribution < -0.4 is 16.2 Å². The first kappa shape index (κ1) is 9.64. The first-order valence-corrected chi connectivity index (χ1v) is 4.32. The topological polar surface area (TPSA) is 74.2 Å². The first-order chi connectivity index (χ1) is 6.13. The maximum Gasteiger partial charge on any atom is 0.215 e. The van der Waals surface area contributed by atoms with Crippen LogP contribution in [0, 0.1) is 0 Å². The summed E-state index contributed by atoms with van der Waals surface area (Å²) in [5.74, 6) is 0.849. The van der Waals surface area contributed by atoms with E-state index < -0.39 is 0 Å². The van der Waals surface area contributed by atoms with Crippen molar-refractivity contribution in [3.63, 3.8) is 0 Å². The molecule has 1 rings (SSSR count). The first-order valence-electron chi connectivity index (χ1n) is 4.32. The molecule has 13 heavy (non-hydrogen) atoms. The van der Waals surface area contributed by atoms with E-state index in [1.807, 2.05) is 13.8 Å². The van der Waals surface area contributed by atoms with E-state index in [4.69, 9.17) is 16.2 Å². The van der Waals surface area contributed by atoms with Gasteiger partial charge in [-0.2, -0.15) is 4.98 Å². The lowest BCUT2D eigenvalue weighted by Gasteiger charge is -2.11. The number of anilines is 2. The van der Waals surface area contributed by atoms with E-state index in [-0.39, 0.29) is 6.10 Å². The maximum absolute atomic E-state index is 5.52. The molecular weight excluding hydrogens is 166 g/mol. The molecule has 1 aromatic rings. The SMILES string of the molecule is CCC(C)Oc1ccc(N)c(N)n1. The summed E-state index contributed by atoms with van der Waals surface area (Å²) in [6.45, 7) is 4.03. The lowest BCUT2D eigenvalue weighted by atomic mass is 10.3. The molecule has 1 atom stereocenters. The minimum atomic E-state index is 0.149. The predicted octanol–water partition coefficient (Wildman–Crippen LogP) is 1.42. The van der Waals surface area contributed by atoms with Gasteiger partial charge < -0.3 is 16.2 Å². The van der Waals surface area contributed by atoms with Gasteiger partial charge in [-0.05, 0) is 19.4 Å². The molecule has 0 aliphatic heterocycles. The normalized spacial score (nSPS) is 12.5. The fourth-order valence-electron chi connectivity index (χ4n) is 0.822. The molecular formula is C9H15N3O. The molecule has 0 aromatic carbocycles. The fourth-order valence-corrected chi connectivity index (χ4v) is 0.822. The Bertz CT molecular complexity index is 288. The van der Waals surface area contributed by atoms with Crippen molar-refractivity contribution in [1.82, 2.24) is 4.98 Å². The second-order valence-corrected chi connectivity index (χ2v) is 2.96. The molecule has 0 saturated heterocycles. The number of ether oxygens (including phenoxy) is 1. The van der Waals surface area contributed by atoms with Gasteiger partial charge in [-0.1, -0.05) is 6.92 Å². The second kappa shape index (κ2) is 3.98. The molecule has 1 heterocycles. The van der Waals surface area contributed by atoms with Crippen LogP contribution in [0.1, 0.15) is 20.3 Å². The average Bonchev–Trinajstić information content (AvgIpc) is 2.11. The Balaban J connectivity index is 2.73. The third-order valence-electron chi connectivity index (χ3n) is 1.83. The highest BCUT2D eigenvalue weighted by Gasteiger charge is 2.03. The van der Waals surface area contributed by atoms with Crippen LogP contribution >= 0.6 is 0 Å². The van der Waals surface area contributed by atoms with Crippen molar-refractivity contribution in [2.75, 3.05) is 11.5 Å². The van der Waals surface area contributed by atoms with Gasteiger partial charge in [-0.15, -0.1) is 0 Å². The molecule has 1 unspecified atom stereocenters. The van der Waals surface area contributed by atoms with E-state index in [2.05, 4.69) is 4.98 Å². The van der Waals surface area contributed by atoms with Crippen molar-refractivity contribution in [2.24, 2.45) is 0 Å². The van der Waals surface area contributed by atoms with Gasteiger partial charge in [0.15, 0.2) is 5.82 Å². The number of rotatable bonds is 3. The van der Waals surface area contributed by atoms with Gasteiger partial charge in [0.25, 0.3) is 0 Å². The van der Waals surface area contributed by atoms with E-state index in [0.29, 0.717) is 17.4 Å². The van der Waals surface area contributed by atoms with Crippen LogP contribution in [0.3, 0.4) is 0 Å². The highest BCUT2D eigenvalue weighted by Crippen LogP contribution is 2.17. The van der Waals surface area contributed by atoms with Crippen molar-refractivity contribution >= 4 is 11.5 Å². The van der Waals surface area contributed by atoms with Gasteiger partial charge in [-0.3, -0.25) is 0 Å². The Morgan fingerprint density at radius 3 is 2.69 bits per heavy atom. The van der Waals surface area contributed by atoms with Crippen LogP contribution in [0.4, 0.5) is 11.5 Å². The molecule has 1 aromatic heterocycles. The highest BCUT2D eigenvalue weighted by atomic mass is 16.5. The third-order valence-corrected chi connectivity index (χ3v) is 1.83. The second-order valence-electron chi connectivity index (χ2n) is 2.96. The van der Waals surface area contributed by atoms with E-state index in [1.54, 1.807) is 12.1 Å². The number of aromatic nitrogens is 1. The number of hydrogen-bond acceptors (Lipinski definition) is 4. The third kappa shape index (κ3) is 2.50. The Hall–Kier alpha value is -1.45. The monoisotopic (exact) mass is 181 g/mol. The smallest absolute Gasteiger partial charge is 0.215 e. The van der Waals surface area contributed by atoms with E-state index in [1.165, 1.54) is 0 Å².